The van der Waals surface area contributed by atoms with E-state index in [-0.39, 0.29) is 59.1 Å². The summed E-state index contributed by atoms with van der Waals surface area (Å²) in [6, 6.07) is -0.401. The lowest BCUT2D eigenvalue weighted by atomic mass is 10.1. The Kier molecular flexibility index (Phi) is 19.0. The molecule has 0 fully saturated rings. The third-order valence-corrected chi connectivity index (χ3v) is 9.38. The first kappa shape index (κ1) is 38.0. The Bertz CT molecular complexity index is 825. The molecule has 0 rings (SSSR count). The fourth-order valence-electron chi connectivity index (χ4n) is 3.01. The van der Waals surface area contributed by atoms with Gasteiger partial charge in [0.1, 0.15) is 12.6 Å². The van der Waals surface area contributed by atoms with E-state index < -0.39 is 11.9 Å². The van der Waals surface area contributed by atoms with Crippen LogP contribution in [0, 0.1) is 5.92 Å². The molecular formula is C27H51N5O6S2. The predicted molar refractivity (Wildman–Crippen MR) is 163 cm³/mol. The highest BCUT2D eigenvalue weighted by Gasteiger charge is 2.23. The summed E-state index contributed by atoms with van der Waals surface area (Å²) in [5, 5.41) is 11.4. The van der Waals surface area contributed by atoms with Crippen LogP contribution >= 0.6 is 21.6 Å². The fraction of sp³-hybridized carbons (Fsp3) is 0.815. The predicted octanol–water partition coefficient (Wildman–Crippen LogP) is 2.10. The molecule has 11 nitrogen and oxygen atoms in total. The summed E-state index contributed by atoms with van der Waals surface area (Å²) in [6.45, 7) is 16.7. The third-order valence-electron chi connectivity index (χ3n) is 5.54. The molecule has 40 heavy (non-hydrogen) atoms. The normalized spacial score (nSPS) is 13.0. The molecule has 0 radical (unpaired) electrons. The molecule has 0 saturated carbocycles. The van der Waals surface area contributed by atoms with E-state index in [0.717, 1.165) is 0 Å². The maximum absolute atomic E-state index is 12.4. The summed E-state index contributed by atoms with van der Waals surface area (Å²) in [6.07, 6.45) is 1.02. The van der Waals surface area contributed by atoms with Gasteiger partial charge in [0, 0.05) is 55.6 Å². The monoisotopic (exact) mass is 605 g/mol. The van der Waals surface area contributed by atoms with E-state index in [1.807, 2.05) is 20.8 Å². The molecular weight excluding hydrogens is 554 g/mol. The Hall–Kier alpha value is -1.99. The number of rotatable bonds is 20. The zero-order valence-corrected chi connectivity index (χ0v) is 27.3. The number of amides is 4. The lowest BCUT2D eigenvalue weighted by molar-refractivity contribution is -0.147. The van der Waals surface area contributed by atoms with Crippen molar-refractivity contribution in [2.75, 3.05) is 39.8 Å². The van der Waals surface area contributed by atoms with Gasteiger partial charge in [-0.15, -0.1) is 0 Å². The molecule has 2 atom stereocenters. The summed E-state index contributed by atoms with van der Waals surface area (Å²) >= 11 is 0. The van der Waals surface area contributed by atoms with Crippen molar-refractivity contribution < 1.29 is 28.7 Å². The van der Waals surface area contributed by atoms with Crippen molar-refractivity contribution in [2.45, 2.75) is 96.7 Å². The van der Waals surface area contributed by atoms with Crippen LogP contribution in [-0.4, -0.2) is 96.4 Å². The highest BCUT2D eigenvalue weighted by Crippen LogP contribution is 2.41. The zero-order chi connectivity index (χ0) is 30.9. The van der Waals surface area contributed by atoms with Gasteiger partial charge in [0.2, 0.25) is 23.6 Å². The molecule has 0 heterocycles. The van der Waals surface area contributed by atoms with Gasteiger partial charge in [0.25, 0.3) is 0 Å². The highest BCUT2D eigenvalue weighted by atomic mass is 33.1. The SMILES string of the molecule is CC(C)NCCNC(=O)[C@H](C)NC(=O)CN(C)C(=O)CCNC(=O)CCC(C)(C)SSC(C)COC(=O)C(C)C. The molecule has 1 unspecified atom stereocenters. The molecule has 0 aromatic carbocycles. The number of nitrogens with one attached hydrogen (secondary N) is 4. The number of carbonyl (C=O) groups is 5. The van der Waals surface area contributed by atoms with Crippen LogP contribution < -0.4 is 21.3 Å². The van der Waals surface area contributed by atoms with Gasteiger partial charge in [0.05, 0.1) is 12.5 Å². The standard InChI is InChI=1S/C27H51N5O6S2/c1-18(2)26(37)38-17-20(5)39-40-27(7,8)12-10-22(33)29-13-11-24(35)32(9)16-23(34)31-21(6)25(36)30-15-14-28-19(3)4/h18-21,28H,10-17H2,1-9H3,(H,29,33)(H,30,36)(H,31,34)/t20?,21-/m0/s1. The number of carbonyl (C=O) groups excluding carboxylic acids is 5. The first-order valence-corrected chi connectivity index (χ1v) is 16.1. The summed E-state index contributed by atoms with van der Waals surface area (Å²) < 4.78 is 5.10. The van der Waals surface area contributed by atoms with Crippen LogP contribution in [0.4, 0.5) is 0 Å². The first-order valence-electron chi connectivity index (χ1n) is 13.9. The molecule has 0 aliphatic rings. The van der Waals surface area contributed by atoms with Crippen molar-refractivity contribution in [3.8, 4) is 0 Å². The van der Waals surface area contributed by atoms with Gasteiger partial charge >= 0.3 is 5.97 Å². The molecule has 0 bridgehead atoms. The molecule has 232 valence electrons. The first-order chi connectivity index (χ1) is 18.5. The summed E-state index contributed by atoms with van der Waals surface area (Å²) in [5.41, 5.74) is 0. The minimum absolute atomic E-state index is 0.0645. The number of ether oxygens (including phenoxy) is 1. The van der Waals surface area contributed by atoms with Crippen LogP contribution in [0.5, 0.6) is 0 Å². The average molecular weight is 606 g/mol. The van der Waals surface area contributed by atoms with E-state index in [2.05, 4.69) is 35.1 Å². The van der Waals surface area contributed by atoms with Gasteiger partial charge in [0.15, 0.2) is 0 Å². The van der Waals surface area contributed by atoms with Gasteiger partial charge in [-0.2, -0.15) is 0 Å². The third kappa shape index (κ3) is 19.1. The minimum atomic E-state index is -0.722. The van der Waals surface area contributed by atoms with Crippen LogP contribution in [-0.2, 0) is 28.7 Å². The second-order valence-corrected chi connectivity index (χ2v) is 14.4. The van der Waals surface area contributed by atoms with E-state index in [9.17, 15) is 24.0 Å². The van der Waals surface area contributed by atoms with E-state index in [4.69, 9.17) is 4.74 Å². The Labute approximate surface area is 248 Å². The van der Waals surface area contributed by atoms with Crippen LogP contribution in [0.15, 0.2) is 0 Å². The molecule has 0 aromatic heterocycles. The molecule has 0 saturated heterocycles. The van der Waals surface area contributed by atoms with Crippen molar-refractivity contribution in [2.24, 2.45) is 5.92 Å². The number of esters is 1. The van der Waals surface area contributed by atoms with E-state index in [1.165, 1.54) is 11.9 Å². The van der Waals surface area contributed by atoms with Crippen molar-refractivity contribution in [3.05, 3.63) is 0 Å². The van der Waals surface area contributed by atoms with E-state index in [1.54, 1.807) is 42.4 Å². The summed E-state index contributed by atoms with van der Waals surface area (Å²) in [4.78, 5) is 61.9. The number of hydrogen-bond acceptors (Lipinski definition) is 9. The van der Waals surface area contributed by atoms with Crippen molar-refractivity contribution in [1.82, 2.24) is 26.2 Å². The van der Waals surface area contributed by atoms with Crippen molar-refractivity contribution >= 4 is 51.2 Å². The van der Waals surface area contributed by atoms with Gasteiger partial charge < -0.3 is 30.9 Å². The smallest absolute Gasteiger partial charge is 0.308 e. The molecule has 0 aromatic rings. The number of hydrogen-bond donors (Lipinski definition) is 4. The molecule has 0 spiro atoms. The number of likely N-dealkylation sites (N-methyl/N-ethyl adjacent to an activating group) is 1. The van der Waals surface area contributed by atoms with Crippen LogP contribution in [0.25, 0.3) is 0 Å². The molecule has 0 aliphatic carbocycles. The Morgan fingerprint density at radius 1 is 0.875 bits per heavy atom. The molecule has 13 heteroatoms. The molecule has 4 amide bonds. The van der Waals surface area contributed by atoms with Gasteiger partial charge in [-0.25, -0.2) is 0 Å². The minimum Gasteiger partial charge on any atom is -0.464 e. The second kappa shape index (κ2) is 20.0. The average Bonchev–Trinajstić information content (AvgIpc) is 2.86. The van der Waals surface area contributed by atoms with Gasteiger partial charge in [-0.1, -0.05) is 49.3 Å². The molecule has 0 aliphatic heterocycles. The summed E-state index contributed by atoms with van der Waals surface area (Å²) in [7, 11) is 4.79. The largest absolute Gasteiger partial charge is 0.464 e. The second-order valence-electron chi connectivity index (χ2n) is 11.1. The fourth-order valence-corrected chi connectivity index (χ4v) is 5.43. The van der Waals surface area contributed by atoms with Crippen molar-refractivity contribution in [1.29, 1.82) is 0 Å². The van der Waals surface area contributed by atoms with Crippen LogP contribution in [0.3, 0.4) is 0 Å². The van der Waals surface area contributed by atoms with E-state index >= 15 is 0 Å². The van der Waals surface area contributed by atoms with Gasteiger partial charge in [-0.3, -0.25) is 24.0 Å². The lowest BCUT2D eigenvalue weighted by Gasteiger charge is -2.24. The quantitative estimate of drug-likeness (QED) is 0.0931. The van der Waals surface area contributed by atoms with Gasteiger partial charge in [-0.05, 0) is 34.1 Å². The van der Waals surface area contributed by atoms with E-state index in [0.29, 0.717) is 38.6 Å². The number of nitrogens with zero attached hydrogens (tertiary/aromatic N) is 1. The van der Waals surface area contributed by atoms with Crippen molar-refractivity contribution in [3.63, 3.8) is 0 Å². The Morgan fingerprint density at radius 2 is 1.52 bits per heavy atom. The Balaban J connectivity index is 4.21. The molecule has 4 N–H and O–H groups in total. The summed E-state index contributed by atoms with van der Waals surface area (Å²) in [5.74, 6) is -1.52. The van der Waals surface area contributed by atoms with Crippen LogP contribution in [0.1, 0.15) is 74.7 Å². The lowest BCUT2D eigenvalue weighted by Crippen LogP contribution is -2.49. The topological polar surface area (TPSA) is 146 Å². The Morgan fingerprint density at radius 3 is 2.12 bits per heavy atom. The zero-order valence-electron chi connectivity index (χ0n) is 25.7. The maximum atomic E-state index is 12.4. The van der Waals surface area contributed by atoms with Crippen LogP contribution in [0.2, 0.25) is 0 Å². The maximum Gasteiger partial charge on any atom is 0.308 e. The highest BCUT2D eigenvalue weighted by molar-refractivity contribution is 8.77.